The van der Waals surface area contributed by atoms with Crippen molar-refractivity contribution >= 4 is 21.6 Å². The Morgan fingerprint density at radius 1 is 1.27 bits per heavy atom. The summed E-state index contributed by atoms with van der Waals surface area (Å²) in [7, 11) is -2.49. The fourth-order valence-electron chi connectivity index (χ4n) is 2.63. The number of aromatic nitrogens is 2. The van der Waals surface area contributed by atoms with Gasteiger partial charge in [-0.1, -0.05) is 12.1 Å². The third kappa shape index (κ3) is 3.76. The smallest absolute Gasteiger partial charge is 0.337 e. The highest BCUT2D eigenvalue weighted by Gasteiger charge is 2.19. The van der Waals surface area contributed by atoms with E-state index in [-0.39, 0.29) is 17.0 Å². The summed E-state index contributed by atoms with van der Waals surface area (Å²) >= 11 is 0. The van der Waals surface area contributed by atoms with Gasteiger partial charge in [-0.25, -0.2) is 22.9 Å². The lowest BCUT2D eigenvalue weighted by Crippen LogP contribution is -2.27. The van der Waals surface area contributed by atoms with E-state index in [9.17, 15) is 13.2 Å². The summed E-state index contributed by atoms with van der Waals surface area (Å²) in [6.07, 6.45) is 4.21. The monoisotopic (exact) mass is 373 g/mol. The zero-order valence-corrected chi connectivity index (χ0v) is 15.3. The summed E-state index contributed by atoms with van der Waals surface area (Å²) in [5.41, 5.74) is 2.35. The predicted molar refractivity (Wildman–Crippen MR) is 96.6 cm³/mol. The molecule has 0 spiro atoms. The number of aryl methyl sites for hydroxylation is 1. The molecule has 0 aliphatic heterocycles. The van der Waals surface area contributed by atoms with E-state index in [0.717, 1.165) is 11.3 Å². The van der Waals surface area contributed by atoms with Crippen LogP contribution in [0.2, 0.25) is 0 Å². The average Bonchev–Trinajstić information content (AvgIpc) is 3.03. The Balaban J connectivity index is 1.73. The third-order valence-electron chi connectivity index (χ3n) is 3.99. The van der Waals surface area contributed by atoms with Crippen LogP contribution in [0.5, 0.6) is 0 Å². The Morgan fingerprint density at radius 2 is 2.08 bits per heavy atom. The van der Waals surface area contributed by atoms with Gasteiger partial charge in [0.1, 0.15) is 5.65 Å². The van der Waals surface area contributed by atoms with Gasteiger partial charge in [-0.2, -0.15) is 0 Å². The summed E-state index contributed by atoms with van der Waals surface area (Å²) in [6.45, 7) is 1.88. The minimum absolute atomic E-state index is 0.0652. The number of carbonyl (C=O) groups excluding carboxylic acids is 1. The average molecular weight is 373 g/mol. The first-order valence-electron chi connectivity index (χ1n) is 8.02. The molecule has 0 saturated carbocycles. The van der Waals surface area contributed by atoms with Crippen molar-refractivity contribution in [1.82, 2.24) is 14.1 Å². The zero-order valence-electron chi connectivity index (χ0n) is 14.5. The highest BCUT2D eigenvalue weighted by atomic mass is 32.2. The van der Waals surface area contributed by atoms with E-state index in [1.54, 1.807) is 13.0 Å². The molecule has 8 heteroatoms. The number of fused-ring (bicyclic) bond motifs is 1. The van der Waals surface area contributed by atoms with Crippen LogP contribution in [0, 0.1) is 6.92 Å². The number of nitrogens with zero attached hydrogens (tertiary/aromatic N) is 2. The van der Waals surface area contributed by atoms with Gasteiger partial charge >= 0.3 is 5.97 Å². The van der Waals surface area contributed by atoms with Gasteiger partial charge in [0.05, 0.1) is 23.3 Å². The number of rotatable bonds is 6. The molecule has 1 aromatic carbocycles. The summed E-state index contributed by atoms with van der Waals surface area (Å²) in [5.74, 6) is -0.578. The number of benzene rings is 1. The first-order valence-corrected chi connectivity index (χ1v) is 9.50. The van der Waals surface area contributed by atoms with Crippen LogP contribution < -0.4 is 4.72 Å². The third-order valence-corrected chi connectivity index (χ3v) is 5.59. The number of carbonyl (C=O) groups is 1. The lowest BCUT2D eigenvalue weighted by molar-refractivity contribution is 0.0600. The molecule has 3 rings (SSSR count). The van der Waals surface area contributed by atoms with E-state index in [1.165, 1.54) is 19.2 Å². The van der Waals surface area contributed by atoms with Crippen molar-refractivity contribution in [3.05, 3.63) is 65.6 Å². The second kappa shape index (κ2) is 7.27. The fourth-order valence-corrected chi connectivity index (χ4v) is 3.93. The molecule has 3 aromatic rings. The molecule has 0 bridgehead atoms. The van der Waals surface area contributed by atoms with Gasteiger partial charge in [0.25, 0.3) is 0 Å². The molecule has 0 atom stereocenters. The largest absolute Gasteiger partial charge is 0.465 e. The van der Waals surface area contributed by atoms with Crippen molar-refractivity contribution in [3.8, 4) is 0 Å². The molecule has 2 aromatic heterocycles. The fraction of sp³-hybridized carbons (Fsp3) is 0.222. The highest BCUT2D eigenvalue weighted by Crippen LogP contribution is 2.17. The topological polar surface area (TPSA) is 89.8 Å². The number of methoxy groups -OCH3 is 1. The summed E-state index contributed by atoms with van der Waals surface area (Å²) in [6, 6.07) is 10.1. The molecule has 2 heterocycles. The molecule has 1 N–H and O–H groups in total. The van der Waals surface area contributed by atoms with Gasteiger partial charge in [0, 0.05) is 25.4 Å². The van der Waals surface area contributed by atoms with Crippen LogP contribution in [-0.2, 0) is 21.2 Å². The molecule has 7 nitrogen and oxygen atoms in total. The maximum Gasteiger partial charge on any atom is 0.337 e. The number of esters is 1. The van der Waals surface area contributed by atoms with E-state index in [1.807, 2.05) is 35.0 Å². The Morgan fingerprint density at radius 3 is 2.81 bits per heavy atom. The lowest BCUT2D eigenvalue weighted by Gasteiger charge is -2.10. The Labute approximate surface area is 151 Å². The first kappa shape index (κ1) is 18.1. The molecule has 0 aliphatic rings. The van der Waals surface area contributed by atoms with Crippen molar-refractivity contribution in [2.45, 2.75) is 18.2 Å². The number of imidazole rings is 1. The molecule has 0 saturated heterocycles. The SMILES string of the molecule is COC(=O)c1ccc(C)c(S(=O)(=O)NCCc2cn3ccccc3n2)c1. The number of hydrogen-bond acceptors (Lipinski definition) is 5. The number of sulfonamides is 1. The van der Waals surface area contributed by atoms with Crippen molar-refractivity contribution in [1.29, 1.82) is 0 Å². The lowest BCUT2D eigenvalue weighted by atomic mass is 10.1. The highest BCUT2D eigenvalue weighted by molar-refractivity contribution is 7.89. The first-order chi connectivity index (χ1) is 12.4. The molecular formula is C18H19N3O4S. The Bertz CT molecular complexity index is 1020. The second-order valence-electron chi connectivity index (χ2n) is 5.82. The van der Waals surface area contributed by atoms with Gasteiger partial charge in [0.2, 0.25) is 10.0 Å². The van der Waals surface area contributed by atoms with E-state index in [0.29, 0.717) is 12.0 Å². The van der Waals surface area contributed by atoms with Crippen LogP contribution in [0.15, 0.2) is 53.7 Å². The van der Waals surface area contributed by atoms with Gasteiger partial charge in [-0.05, 0) is 36.8 Å². The maximum absolute atomic E-state index is 12.6. The maximum atomic E-state index is 12.6. The molecule has 0 amide bonds. The molecular weight excluding hydrogens is 354 g/mol. The number of nitrogens with one attached hydrogen (secondary N) is 1. The normalized spacial score (nSPS) is 11.6. The molecule has 0 radical (unpaired) electrons. The van der Waals surface area contributed by atoms with Gasteiger partial charge in [-0.3, -0.25) is 0 Å². The minimum atomic E-state index is -3.75. The van der Waals surface area contributed by atoms with E-state index in [2.05, 4.69) is 14.4 Å². The Kier molecular flexibility index (Phi) is 5.06. The van der Waals surface area contributed by atoms with E-state index < -0.39 is 16.0 Å². The molecule has 136 valence electrons. The van der Waals surface area contributed by atoms with E-state index in [4.69, 9.17) is 0 Å². The standard InChI is InChI=1S/C18H19N3O4S/c1-13-6-7-14(18(22)25-2)11-16(13)26(23,24)19-9-8-15-12-21-10-4-3-5-17(21)20-15/h3-7,10-12,19H,8-9H2,1-2H3. The quantitative estimate of drug-likeness (QED) is 0.667. The van der Waals surface area contributed by atoms with Crippen LogP contribution in [-0.4, -0.2) is 37.4 Å². The Hall–Kier alpha value is -2.71. The summed E-state index contributed by atoms with van der Waals surface area (Å²) < 4.78 is 34.3. The van der Waals surface area contributed by atoms with Crippen molar-refractivity contribution in [2.75, 3.05) is 13.7 Å². The minimum Gasteiger partial charge on any atom is -0.465 e. The van der Waals surface area contributed by atoms with Gasteiger partial charge in [-0.15, -0.1) is 0 Å². The van der Waals surface area contributed by atoms with Crippen molar-refractivity contribution in [2.24, 2.45) is 0 Å². The number of pyridine rings is 1. The van der Waals surface area contributed by atoms with Crippen LogP contribution in [0.1, 0.15) is 21.6 Å². The zero-order chi connectivity index (χ0) is 18.7. The van der Waals surface area contributed by atoms with Crippen LogP contribution in [0.25, 0.3) is 5.65 Å². The van der Waals surface area contributed by atoms with Gasteiger partial charge < -0.3 is 9.14 Å². The molecule has 0 aliphatic carbocycles. The van der Waals surface area contributed by atoms with Crippen LogP contribution in [0.3, 0.4) is 0 Å². The molecule has 0 unspecified atom stereocenters. The van der Waals surface area contributed by atoms with Gasteiger partial charge in [0.15, 0.2) is 0 Å². The van der Waals surface area contributed by atoms with E-state index >= 15 is 0 Å². The second-order valence-corrected chi connectivity index (χ2v) is 7.55. The summed E-state index contributed by atoms with van der Waals surface area (Å²) in [5, 5.41) is 0. The predicted octanol–water partition coefficient (Wildman–Crippen LogP) is 1.95. The van der Waals surface area contributed by atoms with Crippen LogP contribution in [0.4, 0.5) is 0 Å². The summed E-state index contributed by atoms with van der Waals surface area (Å²) in [4.78, 5) is 16.1. The molecule has 0 fully saturated rings. The van der Waals surface area contributed by atoms with Crippen molar-refractivity contribution < 1.29 is 17.9 Å². The number of ether oxygens (including phenoxy) is 1. The number of hydrogen-bond donors (Lipinski definition) is 1. The van der Waals surface area contributed by atoms with Crippen molar-refractivity contribution in [3.63, 3.8) is 0 Å². The molecule has 26 heavy (non-hydrogen) atoms. The van der Waals surface area contributed by atoms with Crippen LogP contribution >= 0.6 is 0 Å².